The van der Waals surface area contributed by atoms with Crippen molar-refractivity contribution >= 4 is 17.4 Å². The number of nitriles is 1. The molecule has 0 bridgehead atoms. The van der Waals surface area contributed by atoms with Crippen molar-refractivity contribution in [2.24, 2.45) is 0 Å². The van der Waals surface area contributed by atoms with Crippen LogP contribution in [0.5, 0.6) is 5.75 Å². The summed E-state index contributed by atoms with van der Waals surface area (Å²) in [4.78, 5) is 24.0. The maximum absolute atomic E-state index is 12.1. The maximum Gasteiger partial charge on any atom is 0.355 e. The van der Waals surface area contributed by atoms with Gasteiger partial charge in [0.05, 0.1) is 13.7 Å². The summed E-state index contributed by atoms with van der Waals surface area (Å²) in [5.41, 5.74) is -0.923. The average Bonchev–Trinajstić information content (AvgIpc) is 2.85. The molecule has 0 spiro atoms. The summed E-state index contributed by atoms with van der Waals surface area (Å²) in [5, 5.41) is 11.9. The third kappa shape index (κ3) is 2.46. The third-order valence-corrected chi connectivity index (χ3v) is 3.12. The molecule has 1 aliphatic heterocycles. The number of benzene rings is 1. The van der Waals surface area contributed by atoms with Crippen LogP contribution in [0.3, 0.4) is 0 Å². The first-order valence-electron chi connectivity index (χ1n) is 6.34. The van der Waals surface area contributed by atoms with Crippen LogP contribution in [-0.2, 0) is 14.3 Å². The van der Waals surface area contributed by atoms with Gasteiger partial charge in [-0.3, -0.25) is 4.79 Å². The van der Waals surface area contributed by atoms with Crippen LogP contribution >= 0.6 is 0 Å². The lowest BCUT2D eigenvalue weighted by Gasteiger charge is -2.19. The lowest BCUT2D eigenvalue weighted by Crippen LogP contribution is -2.53. The van der Waals surface area contributed by atoms with Gasteiger partial charge in [0.2, 0.25) is 5.78 Å². The van der Waals surface area contributed by atoms with E-state index in [4.69, 9.17) is 9.47 Å². The van der Waals surface area contributed by atoms with Gasteiger partial charge in [0.25, 0.3) is 5.54 Å². The summed E-state index contributed by atoms with van der Waals surface area (Å²) in [6.45, 7) is 1.70. The van der Waals surface area contributed by atoms with Crippen LogP contribution in [0.4, 0.5) is 0 Å². The van der Waals surface area contributed by atoms with Crippen LogP contribution in [-0.4, -0.2) is 31.0 Å². The number of ketones is 1. The molecule has 1 heterocycles. The molecule has 0 saturated heterocycles. The molecule has 1 aromatic rings. The lowest BCUT2D eigenvalue weighted by molar-refractivity contribution is -0.150. The zero-order valence-electron chi connectivity index (χ0n) is 11.7. The molecule has 108 valence electrons. The Morgan fingerprint density at radius 3 is 2.57 bits per heavy atom. The molecule has 0 saturated carbocycles. The number of rotatable bonds is 4. The molecule has 0 aliphatic carbocycles. The van der Waals surface area contributed by atoms with Crippen molar-refractivity contribution in [3.63, 3.8) is 0 Å². The second-order valence-corrected chi connectivity index (χ2v) is 4.36. The van der Waals surface area contributed by atoms with Crippen LogP contribution in [0.1, 0.15) is 12.5 Å². The molecular formula is C15H14N2O4. The summed E-state index contributed by atoms with van der Waals surface area (Å²) in [6, 6.07) is 8.62. The van der Waals surface area contributed by atoms with Crippen LogP contribution < -0.4 is 10.1 Å². The minimum atomic E-state index is -1.99. The maximum atomic E-state index is 12.1. The van der Waals surface area contributed by atoms with E-state index in [0.29, 0.717) is 17.0 Å². The molecule has 1 N–H and O–H groups in total. The normalized spacial score (nSPS) is 20.2. The van der Waals surface area contributed by atoms with Crippen molar-refractivity contribution in [2.45, 2.75) is 12.5 Å². The number of hydrogen-bond donors (Lipinski definition) is 1. The fourth-order valence-corrected chi connectivity index (χ4v) is 1.98. The van der Waals surface area contributed by atoms with Gasteiger partial charge >= 0.3 is 5.97 Å². The molecule has 1 unspecified atom stereocenters. The molecule has 0 aromatic heterocycles. The van der Waals surface area contributed by atoms with E-state index in [1.807, 2.05) is 0 Å². The van der Waals surface area contributed by atoms with Gasteiger partial charge in [-0.2, -0.15) is 5.26 Å². The first kappa shape index (κ1) is 14.6. The van der Waals surface area contributed by atoms with Gasteiger partial charge in [-0.25, -0.2) is 4.79 Å². The minimum absolute atomic E-state index is 0.0924. The van der Waals surface area contributed by atoms with Gasteiger partial charge in [0.1, 0.15) is 11.8 Å². The first-order valence-corrected chi connectivity index (χ1v) is 6.34. The van der Waals surface area contributed by atoms with E-state index >= 15 is 0 Å². The van der Waals surface area contributed by atoms with Crippen molar-refractivity contribution in [1.82, 2.24) is 5.32 Å². The molecular weight excluding hydrogens is 272 g/mol. The van der Waals surface area contributed by atoms with Crippen molar-refractivity contribution in [3.05, 3.63) is 35.9 Å². The fourth-order valence-electron chi connectivity index (χ4n) is 1.98. The molecule has 1 atom stereocenters. The van der Waals surface area contributed by atoms with E-state index in [2.05, 4.69) is 5.32 Å². The molecule has 0 fully saturated rings. The van der Waals surface area contributed by atoms with E-state index < -0.39 is 17.3 Å². The highest BCUT2D eigenvalue weighted by Gasteiger charge is 2.51. The Bertz CT molecular complexity index is 643. The summed E-state index contributed by atoms with van der Waals surface area (Å²) in [5.74, 6) is -0.854. The number of hydrogen-bond acceptors (Lipinski definition) is 6. The van der Waals surface area contributed by atoms with E-state index in [1.54, 1.807) is 44.4 Å². The monoisotopic (exact) mass is 286 g/mol. The Morgan fingerprint density at radius 2 is 2.05 bits per heavy atom. The topological polar surface area (TPSA) is 88.4 Å². The highest BCUT2D eigenvalue weighted by atomic mass is 16.5. The smallest absolute Gasteiger partial charge is 0.355 e. The number of carbonyl (C=O) groups excluding carboxylic acids is 2. The standard InChI is InChI=1S/C15H14N2O4/c1-3-21-14(19)15(9-16)13(18)8-12(17-15)10-4-6-11(20-2)7-5-10/h4-8,17H,3H2,1-2H3. The Kier molecular flexibility index (Phi) is 3.94. The van der Waals surface area contributed by atoms with Gasteiger partial charge in [-0.15, -0.1) is 0 Å². The summed E-state index contributed by atoms with van der Waals surface area (Å²) in [7, 11) is 1.55. The summed E-state index contributed by atoms with van der Waals surface area (Å²) >= 11 is 0. The van der Waals surface area contributed by atoms with Gasteiger partial charge in [-0.05, 0) is 36.8 Å². The van der Waals surface area contributed by atoms with Gasteiger partial charge in [0.15, 0.2) is 0 Å². The number of methoxy groups -OCH3 is 1. The molecule has 1 aliphatic rings. The Balaban J connectivity index is 2.30. The number of esters is 1. The number of nitrogens with one attached hydrogen (secondary N) is 1. The van der Waals surface area contributed by atoms with Crippen LogP contribution in [0.15, 0.2) is 30.3 Å². The van der Waals surface area contributed by atoms with E-state index in [0.717, 1.165) is 0 Å². The molecule has 6 nitrogen and oxygen atoms in total. The molecule has 1 aromatic carbocycles. The quantitative estimate of drug-likeness (QED) is 0.657. The Morgan fingerprint density at radius 1 is 1.38 bits per heavy atom. The predicted octanol–water partition coefficient (Wildman–Crippen LogP) is 1.03. The van der Waals surface area contributed by atoms with Crippen molar-refractivity contribution < 1.29 is 19.1 Å². The number of ether oxygens (including phenoxy) is 2. The van der Waals surface area contributed by atoms with Gasteiger partial charge in [-0.1, -0.05) is 0 Å². The van der Waals surface area contributed by atoms with Gasteiger partial charge in [0, 0.05) is 11.8 Å². The van der Waals surface area contributed by atoms with Gasteiger partial charge < -0.3 is 14.8 Å². The number of nitrogens with zero attached hydrogens (tertiary/aromatic N) is 1. The molecule has 0 radical (unpaired) electrons. The van der Waals surface area contributed by atoms with Crippen LogP contribution in [0, 0.1) is 11.3 Å². The van der Waals surface area contributed by atoms with E-state index in [1.165, 1.54) is 6.08 Å². The number of carbonyl (C=O) groups is 2. The van der Waals surface area contributed by atoms with E-state index in [-0.39, 0.29) is 6.61 Å². The second kappa shape index (κ2) is 5.67. The molecule has 21 heavy (non-hydrogen) atoms. The zero-order valence-corrected chi connectivity index (χ0v) is 11.7. The zero-order chi connectivity index (χ0) is 15.5. The lowest BCUT2D eigenvalue weighted by atomic mass is 9.99. The fraction of sp³-hybridized carbons (Fsp3) is 0.267. The molecule has 6 heteroatoms. The highest BCUT2D eigenvalue weighted by molar-refractivity contribution is 6.22. The molecule has 0 amide bonds. The summed E-state index contributed by atoms with van der Waals surface area (Å²) in [6.07, 6.45) is 1.24. The second-order valence-electron chi connectivity index (χ2n) is 4.36. The van der Waals surface area contributed by atoms with Crippen LogP contribution in [0.25, 0.3) is 5.70 Å². The van der Waals surface area contributed by atoms with Crippen LogP contribution in [0.2, 0.25) is 0 Å². The first-order chi connectivity index (χ1) is 10.1. The van der Waals surface area contributed by atoms with Crippen molar-refractivity contribution in [1.29, 1.82) is 5.26 Å². The SMILES string of the molecule is CCOC(=O)C1(C#N)NC(c2ccc(OC)cc2)=CC1=O. The Labute approximate surface area is 122 Å². The molecule has 2 rings (SSSR count). The average molecular weight is 286 g/mol. The Hall–Kier alpha value is -2.81. The van der Waals surface area contributed by atoms with Crippen molar-refractivity contribution in [3.8, 4) is 11.8 Å². The minimum Gasteiger partial charge on any atom is -0.497 e. The predicted molar refractivity (Wildman–Crippen MR) is 74.1 cm³/mol. The third-order valence-electron chi connectivity index (χ3n) is 3.12. The largest absolute Gasteiger partial charge is 0.497 e. The highest BCUT2D eigenvalue weighted by Crippen LogP contribution is 2.26. The summed E-state index contributed by atoms with van der Waals surface area (Å²) < 4.78 is 9.87. The van der Waals surface area contributed by atoms with Crippen molar-refractivity contribution in [2.75, 3.05) is 13.7 Å². The van der Waals surface area contributed by atoms with E-state index in [9.17, 15) is 14.9 Å².